The number of fused-ring (bicyclic) bond motifs is 9. The van der Waals surface area contributed by atoms with E-state index in [0.29, 0.717) is 5.56 Å². The predicted molar refractivity (Wildman–Crippen MR) is 165 cm³/mol. The number of nitriles is 1. The third-order valence-electron chi connectivity index (χ3n) is 10.2. The summed E-state index contributed by atoms with van der Waals surface area (Å²) >= 11 is 0. The van der Waals surface area contributed by atoms with Gasteiger partial charge in [0.05, 0.1) is 35.3 Å². The average molecular weight is 553 g/mol. The van der Waals surface area contributed by atoms with Crippen LogP contribution in [-0.2, 0) is 16.0 Å². The van der Waals surface area contributed by atoms with Crippen molar-refractivity contribution in [2.75, 3.05) is 11.4 Å². The van der Waals surface area contributed by atoms with E-state index >= 15 is 0 Å². The van der Waals surface area contributed by atoms with Crippen molar-refractivity contribution in [3.05, 3.63) is 102 Å². The van der Waals surface area contributed by atoms with Gasteiger partial charge in [-0.25, -0.2) is 0 Å². The van der Waals surface area contributed by atoms with E-state index in [0.717, 1.165) is 76.2 Å². The normalized spacial score (nSPS) is 26.8. The third kappa shape index (κ3) is 3.55. The van der Waals surface area contributed by atoms with Crippen molar-refractivity contribution in [3.8, 4) is 6.07 Å². The Hall–Kier alpha value is -4.40. The van der Waals surface area contributed by atoms with Crippen LogP contribution in [0, 0.1) is 23.2 Å². The van der Waals surface area contributed by atoms with Crippen LogP contribution in [-0.4, -0.2) is 23.5 Å². The highest BCUT2D eigenvalue weighted by Crippen LogP contribution is 2.63. The lowest BCUT2D eigenvalue weighted by atomic mass is 9.61. The Kier molecular flexibility index (Phi) is 5.45. The molecule has 0 aliphatic carbocycles. The lowest BCUT2D eigenvalue weighted by Gasteiger charge is -2.46. The summed E-state index contributed by atoms with van der Waals surface area (Å²) < 4.78 is 12.9. The summed E-state index contributed by atoms with van der Waals surface area (Å²) in [4.78, 5) is 16.1. The molecule has 2 bridgehead atoms. The van der Waals surface area contributed by atoms with Crippen molar-refractivity contribution in [2.24, 2.45) is 11.8 Å². The van der Waals surface area contributed by atoms with Crippen LogP contribution in [0.3, 0.4) is 0 Å². The van der Waals surface area contributed by atoms with Gasteiger partial charge in [-0.2, -0.15) is 5.26 Å². The van der Waals surface area contributed by atoms with Crippen LogP contribution in [0.4, 0.5) is 5.69 Å². The number of anilines is 1. The number of rotatable bonds is 5. The second kappa shape index (κ2) is 9.05. The van der Waals surface area contributed by atoms with Gasteiger partial charge in [0.1, 0.15) is 11.2 Å². The van der Waals surface area contributed by atoms with E-state index < -0.39 is 11.2 Å². The molecule has 0 saturated carbocycles. The molecule has 1 aromatic heterocycles. The molecule has 0 radical (unpaired) electrons. The van der Waals surface area contributed by atoms with Gasteiger partial charge in [0.15, 0.2) is 5.78 Å². The minimum atomic E-state index is -0.440. The van der Waals surface area contributed by atoms with E-state index in [4.69, 9.17) is 9.15 Å². The fraction of sp³-hybridized carbons (Fsp3) is 0.297. The number of piperidine rings is 1. The van der Waals surface area contributed by atoms with E-state index in [1.54, 1.807) is 0 Å². The number of carbonyl (C=O) groups is 1. The molecule has 5 nitrogen and oxygen atoms in total. The fourth-order valence-electron chi connectivity index (χ4n) is 8.38. The zero-order valence-electron chi connectivity index (χ0n) is 23.7. The number of hydrogen-bond acceptors (Lipinski definition) is 5. The molecule has 3 fully saturated rings. The number of Topliss-reactive ketones (excluding diaryl/α,β-unsaturated/α-hetero) is 1. The summed E-state index contributed by atoms with van der Waals surface area (Å²) in [7, 11) is 0. The minimum Gasteiger partial charge on any atom is -0.456 e. The number of ketones is 1. The van der Waals surface area contributed by atoms with Gasteiger partial charge < -0.3 is 14.1 Å². The summed E-state index contributed by atoms with van der Waals surface area (Å²) in [5, 5.41) is 13.8. The van der Waals surface area contributed by atoms with Crippen molar-refractivity contribution in [1.29, 1.82) is 5.26 Å². The van der Waals surface area contributed by atoms with Crippen LogP contribution in [0.1, 0.15) is 43.7 Å². The average Bonchev–Trinajstić information content (AvgIpc) is 3.64. The minimum absolute atomic E-state index is 0.0597. The first-order valence-corrected chi connectivity index (χ1v) is 14.9. The molecule has 3 aliphatic rings. The van der Waals surface area contributed by atoms with Gasteiger partial charge >= 0.3 is 0 Å². The van der Waals surface area contributed by atoms with Crippen molar-refractivity contribution >= 4 is 44.2 Å². The molecule has 42 heavy (non-hydrogen) atoms. The number of carbonyl (C=O) groups excluding carboxylic acids is 1. The Morgan fingerprint density at radius 1 is 0.929 bits per heavy atom. The van der Waals surface area contributed by atoms with Gasteiger partial charge in [0.25, 0.3) is 0 Å². The third-order valence-corrected chi connectivity index (χ3v) is 10.2. The van der Waals surface area contributed by atoms with Gasteiger partial charge in [-0.15, -0.1) is 0 Å². The first-order valence-electron chi connectivity index (χ1n) is 14.9. The summed E-state index contributed by atoms with van der Waals surface area (Å²) in [5.74, 6) is -0.00366. The second-order valence-electron chi connectivity index (χ2n) is 12.6. The van der Waals surface area contributed by atoms with Crippen LogP contribution < -0.4 is 4.90 Å². The van der Waals surface area contributed by atoms with Crippen molar-refractivity contribution in [3.63, 3.8) is 0 Å². The zero-order valence-corrected chi connectivity index (χ0v) is 23.7. The molecule has 0 unspecified atom stereocenters. The highest BCUT2D eigenvalue weighted by Gasteiger charge is 2.69. The molecule has 0 amide bonds. The highest BCUT2D eigenvalue weighted by atomic mass is 16.5. The van der Waals surface area contributed by atoms with Crippen LogP contribution >= 0.6 is 0 Å². The van der Waals surface area contributed by atoms with Gasteiger partial charge in [-0.05, 0) is 74.9 Å². The van der Waals surface area contributed by atoms with Crippen molar-refractivity contribution in [1.82, 2.24) is 0 Å². The summed E-state index contributed by atoms with van der Waals surface area (Å²) in [5.41, 5.74) is 4.78. The Bertz CT molecular complexity index is 1980. The maximum atomic E-state index is 14.1. The first-order chi connectivity index (χ1) is 20.4. The van der Waals surface area contributed by atoms with Crippen molar-refractivity contribution < 1.29 is 13.9 Å². The quantitative estimate of drug-likeness (QED) is 0.220. The van der Waals surface area contributed by atoms with Gasteiger partial charge in [0.2, 0.25) is 0 Å². The Morgan fingerprint density at radius 2 is 1.69 bits per heavy atom. The summed E-state index contributed by atoms with van der Waals surface area (Å²) in [6.07, 6.45) is 4.56. The van der Waals surface area contributed by atoms with E-state index in [1.165, 1.54) is 5.56 Å². The monoisotopic (exact) mass is 552 g/mol. The molecule has 8 rings (SSSR count). The van der Waals surface area contributed by atoms with E-state index in [1.807, 2.05) is 54.6 Å². The number of nitrogens with zero attached hydrogens (tertiary/aromatic N) is 2. The van der Waals surface area contributed by atoms with Crippen LogP contribution in [0.5, 0.6) is 0 Å². The number of aryl methyl sites for hydroxylation is 1. The predicted octanol–water partition coefficient (Wildman–Crippen LogP) is 8.09. The molecule has 208 valence electrons. The smallest absolute Gasteiger partial charge is 0.159 e. The molecular weight excluding hydrogens is 520 g/mol. The Balaban J connectivity index is 1.06. The van der Waals surface area contributed by atoms with Crippen LogP contribution in [0.25, 0.3) is 32.7 Å². The number of ether oxygens (including phenoxy) is 1. The molecule has 5 aromatic rings. The standard InChI is InChI=1S/C37H32N2O3/c1-23-34-35(31(40)22-39(23)30-15-14-25(21-38)26-9-3-4-10-27(26)30)37(19-18-36(34,2)42-37)17-7-8-24-13-16-33-29(20-24)28-11-5-6-12-32(28)41-33/h3-6,9-16,20,34-35H,1,7-8,17-19,22H2,2H3/t34-,35+,36+,37-/m0/s1. The maximum Gasteiger partial charge on any atom is 0.159 e. The molecule has 3 aliphatic heterocycles. The van der Waals surface area contributed by atoms with E-state index in [9.17, 15) is 10.1 Å². The number of furan rings is 1. The molecule has 5 heteroatoms. The lowest BCUT2D eigenvalue weighted by molar-refractivity contribution is -0.129. The first kappa shape index (κ1) is 25.3. The SMILES string of the molecule is C=C1[C@H]2[C@@H](C(=O)CN1c1ccc(C#N)c3ccccc13)[C@]1(CCCc3ccc4oc5ccccc5c4c3)CC[C@@]2(C)O1. The Labute approximate surface area is 245 Å². The fourth-order valence-corrected chi connectivity index (χ4v) is 8.38. The molecule has 4 aromatic carbocycles. The summed E-state index contributed by atoms with van der Waals surface area (Å²) in [6.45, 7) is 7.05. The molecule has 0 N–H and O–H groups in total. The molecule has 4 atom stereocenters. The van der Waals surface area contributed by atoms with Crippen LogP contribution in [0.2, 0.25) is 0 Å². The van der Waals surface area contributed by atoms with E-state index in [2.05, 4.69) is 48.7 Å². The maximum absolute atomic E-state index is 14.1. The molecule has 3 saturated heterocycles. The topological polar surface area (TPSA) is 66.5 Å². The Morgan fingerprint density at radius 3 is 2.52 bits per heavy atom. The van der Waals surface area contributed by atoms with E-state index in [-0.39, 0.29) is 24.2 Å². The van der Waals surface area contributed by atoms with Gasteiger partial charge in [-0.1, -0.05) is 55.1 Å². The largest absolute Gasteiger partial charge is 0.456 e. The number of benzene rings is 4. The van der Waals surface area contributed by atoms with Gasteiger partial charge in [-0.3, -0.25) is 4.79 Å². The molecular formula is C37H32N2O3. The van der Waals surface area contributed by atoms with Crippen LogP contribution in [0.15, 0.2) is 95.6 Å². The summed E-state index contributed by atoms with van der Waals surface area (Å²) in [6, 6.07) is 28.7. The second-order valence-corrected chi connectivity index (χ2v) is 12.6. The lowest BCUT2D eigenvalue weighted by Crippen LogP contribution is -2.54. The molecule has 4 heterocycles. The van der Waals surface area contributed by atoms with Gasteiger partial charge in [0, 0.05) is 38.8 Å². The molecule has 0 spiro atoms. The van der Waals surface area contributed by atoms with Crippen molar-refractivity contribution in [2.45, 2.75) is 50.2 Å². The highest BCUT2D eigenvalue weighted by molar-refractivity contribution is 6.05. The number of hydrogen-bond donors (Lipinski definition) is 0. The number of para-hydroxylation sites is 1. The zero-order chi connectivity index (χ0) is 28.6.